The lowest BCUT2D eigenvalue weighted by Gasteiger charge is -2.09. The number of rotatable bonds is 2. The van der Waals surface area contributed by atoms with Crippen molar-refractivity contribution >= 4 is 11.8 Å². The van der Waals surface area contributed by atoms with Crippen molar-refractivity contribution in [3.63, 3.8) is 0 Å². The monoisotopic (exact) mass is 320 g/mol. The van der Waals surface area contributed by atoms with E-state index in [0.717, 1.165) is 9.13 Å². The van der Waals surface area contributed by atoms with Crippen LogP contribution in [0.3, 0.4) is 0 Å². The number of hydrogen-bond acceptors (Lipinski definition) is 3. The largest absolute Gasteiger partial charge is 0.342 e. The molecule has 3 rings (SSSR count). The predicted molar refractivity (Wildman–Crippen MR) is 92.2 cm³/mol. The molecule has 24 heavy (non-hydrogen) atoms. The number of aromatic nitrogens is 2. The Morgan fingerprint density at radius 1 is 0.667 bits per heavy atom. The van der Waals surface area contributed by atoms with Gasteiger partial charge in [-0.3, -0.25) is 9.59 Å². The Morgan fingerprint density at radius 3 is 1.29 bits per heavy atom. The maximum atomic E-state index is 12.7. The number of imidazole rings is 1. The number of benzene rings is 2. The molecule has 2 aromatic carbocycles. The van der Waals surface area contributed by atoms with Crippen LogP contribution in [-0.4, -0.2) is 20.9 Å². The molecule has 0 amide bonds. The van der Waals surface area contributed by atoms with Gasteiger partial charge in [0.2, 0.25) is 11.8 Å². The fraction of sp³-hybridized carbons (Fsp3) is 0.105. The molecule has 0 bridgehead atoms. The van der Waals surface area contributed by atoms with E-state index in [1.54, 1.807) is 0 Å². The summed E-state index contributed by atoms with van der Waals surface area (Å²) in [5, 5.41) is 0. The van der Waals surface area contributed by atoms with E-state index >= 15 is 0 Å². The van der Waals surface area contributed by atoms with Gasteiger partial charge in [-0.25, -0.2) is 13.9 Å². The molecule has 1 heterocycles. The zero-order valence-corrected chi connectivity index (χ0v) is 13.4. The molecule has 120 valence electrons. The first-order valence-electron chi connectivity index (χ1n) is 7.53. The van der Waals surface area contributed by atoms with Crippen molar-refractivity contribution in [2.75, 3.05) is 0 Å². The third-order valence-corrected chi connectivity index (χ3v) is 3.78. The van der Waals surface area contributed by atoms with Gasteiger partial charge in [0.05, 0.1) is 11.4 Å². The molecule has 0 aliphatic carbocycles. The minimum Gasteiger partial charge on any atom is -0.274 e. The molecule has 1 aromatic heterocycles. The molecule has 0 atom stereocenters. The Kier molecular flexibility index (Phi) is 4.00. The average Bonchev–Trinajstić information content (AvgIpc) is 2.90. The van der Waals surface area contributed by atoms with E-state index in [0.29, 0.717) is 22.5 Å². The van der Waals surface area contributed by atoms with Gasteiger partial charge in [0, 0.05) is 25.0 Å². The van der Waals surface area contributed by atoms with Gasteiger partial charge in [0.25, 0.3) is 0 Å². The standard InChI is InChI=1S/C19H16N2O3/c1-13(22)20-17(15-9-5-3-6-10-15)18(16-11-7-4-8-12-16)21(14(2)23)19(20)24/h3-12H,1-2H3. The highest BCUT2D eigenvalue weighted by molar-refractivity contribution is 5.93. The molecule has 5 nitrogen and oxygen atoms in total. The van der Waals surface area contributed by atoms with E-state index in [4.69, 9.17) is 0 Å². The van der Waals surface area contributed by atoms with Crippen LogP contribution in [0.5, 0.6) is 0 Å². The third-order valence-electron chi connectivity index (χ3n) is 3.78. The molecule has 0 unspecified atom stereocenters. The van der Waals surface area contributed by atoms with Gasteiger partial charge in [0.15, 0.2) is 0 Å². The topological polar surface area (TPSA) is 61.1 Å². The Hall–Kier alpha value is -3.21. The van der Waals surface area contributed by atoms with Crippen LogP contribution in [-0.2, 0) is 0 Å². The second-order valence-electron chi connectivity index (χ2n) is 5.42. The number of carbonyl (C=O) groups excluding carboxylic acids is 2. The van der Waals surface area contributed by atoms with Crippen LogP contribution in [0, 0.1) is 0 Å². The smallest absolute Gasteiger partial charge is 0.274 e. The van der Waals surface area contributed by atoms with Gasteiger partial charge in [-0.2, -0.15) is 0 Å². The highest BCUT2D eigenvalue weighted by atomic mass is 16.2. The first-order valence-corrected chi connectivity index (χ1v) is 7.53. The summed E-state index contributed by atoms with van der Waals surface area (Å²) in [5.41, 5.74) is 1.60. The SMILES string of the molecule is CC(=O)n1c(-c2ccccc2)c(-c2ccccc2)n(C(C)=O)c1=O. The third kappa shape index (κ3) is 2.50. The lowest BCUT2D eigenvalue weighted by molar-refractivity contribution is 0.0922. The Morgan fingerprint density at radius 2 is 1.00 bits per heavy atom. The summed E-state index contributed by atoms with van der Waals surface area (Å²) in [7, 11) is 0. The maximum Gasteiger partial charge on any atom is 0.342 e. The minimum absolute atomic E-state index is 0.425. The summed E-state index contributed by atoms with van der Waals surface area (Å²) in [6.07, 6.45) is 0. The Bertz CT molecular complexity index is 889. The highest BCUT2D eigenvalue weighted by Crippen LogP contribution is 2.31. The summed E-state index contributed by atoms with van der Waals surface area (Å²) in [4.78, 5) is 37.0. The van der Waals surface area contributed by atoms with Crippen molar-refractivity contribution in [1.29, 1.82) is 0 Å². The summed E-state index contributed by atoms with van der Waals surface area (Å²) < 4.78 is 2.11. The van der Waals surface area contributed by atoms with Crippen molar-refractivity contribution < 1.29 is 9.59 Å². The van der Waals surface area contributed by atoms with Crippen LogP contribution >= 0.6 is 0 Å². The summed E-state index contributed by atoms with van der Waals surface area (Å²) in [6.45, 7) is 2.63. The molecule has 0 aliphatic heterocycles. The van der Waals surface area contributed by atoms with Gasteiger partial charge in [-0.15, -0.1) is 0 Å². The van der Waals surface area contributed by atoms with Crippen LogP contribution < -0.4 is 5.69 Å². The van der Waals surface area contributed by atoms with E-state index in [1.807, 2.05) is 60.7 Å². The molecule has 0 fully saturated rings. The second-order valence-corrected chi connectivity index (χ2v) is 5.42. The zero-order chi connectivity index (χ0) is 17.3. The van der Waals surface area contributed by atoms with Crippen LogP contribution in [0.1, 0.15) is 23.4 Å². The van der Waals surface area contributed by atoms with Crippen molar-refractivity contribution in [1.82, 2.24) is 9.13 Å². The fourth-order valence-corrected chi connectivity index (χ4v) is 2.81. The van der Waals surface area contributed by atoms with Gasteiger partial charge in [0.1, 0.15) is 0 Å². The van der Waals surface area contributed by atoms with Gasteiger partial charge >= 0.3 is 5.69 Å². The van der Waals surface area contributed by atoms with Crippen LogP contribution in [0.2, 0.25) is 0 Å². The van der Waals surface area contributed by atoms with E-state index in [9.17, 15) is 14.4 Å². The number of hydrogen-bond donors (Lipinski definition) is 0. The lowest BCUT2D eigenvalue weighted by atomic mass is 10.0. The average molecular weight is 320 g/mol. The number of carbonyl (C=O) groups is 2. The Balaban J connectivity index is 2.50. The van der Waals surface area contributed by atoms with E-state index in [1.165, 1.54) is 13.8 Å². The molecule has 0 aliphatic rings. The molecule has 0 radical (unpaired) electrons. The van der Waals surface area contributed by atoms with Gasteiger partial charge in [-0.1, -0.05) is 60.7 Å². The normalized spacial score (nSPS) is 10.6. The van der Waals surface area contributed by atoms with Crippen molar-refractivity contribution in [2.24, 2.45) is 0 Å². The van der Waals surface area contributed by atoms with Crippen LogP contribution in [0.15, 0.2) is 65.5 Å². The molecule has 0 spiro atoms. The fourth-order valence-electron chi connectivity index (χ4n) is 2.81. The van der Waals surface area contributed by atoms with Gasteiger partial charge < -0.3 is 0 Å². The summed E-state index contributed by atoms with van der Waals surface area (Å²) in [6, 6.07) is 18.2. The first-order chi connectivity index (χ1) is 11.5. The van der Waals surface area contributed by atoms with Crippen LogP contribution in [0.4, 0.5) is 0 Å². The summed E-state index contributed by atoms with van der Waals surface area (Å²) in [5.74, 6) is -0.868. The minimum atomic E-state index is -0.646. The zero-order valence-electron chi connectivity index (χ0n) is 13.4. The van der Waals surface area contributed by atoms with Gasteiger partial charge in [-0.05, 0) is 0 Å². The van der Waals surface area contributed by atoms with E-state index in [-0.39, 0.29) is 0 Å². The molecule has 5 heteroatoms. The van der Waals surface area contributed by atoms with Crippen LogP contribution in [0.25, 0.3) is 22.5 Å². The molecule has 3 aromatic rings. The van der Waals surface area contributed by atoms with E-state index in [2.05, 4.69) is 0 Å². The van der Waals surface area contributed by atoms with Crippen molar-refractivity contribution in [3.8, 4) is 22.5 Å². The lowest BCUT2D eigenvalue weighted by Crippen LogP contribution is -2.30. The molecule has 0 saturated carbocycles. The molecular weight excluding hydrogens is 304 g/mol. The molecule has 0 saturated heterocycles. The maximum absolute atomic E-state index is 12.7. The highest BCUT2D eigenvalue weighted by Gasteiger charge is 2.26. The quantitative estimate of drug-likeness (QED) is 0.728. The van der Waals surface area contributed by atoms with E-state index < -0.39 is 17.5 Å². The predicted octanol–water partition coefficient (Wildman–Crippen LogP) is 3.30. The Labute approximate surface area is 138 Å². The summed E-state index contributed by atoms with van der Waals surface area (Å²) >= 11 is 0. The second kappa shape index (κ2) is 6.12. The van der Waals surface area contributed by atoms with Crippen molar-refractivity contribution in [2.45, 2.75) is 13.8 Å². The number of nitrogens with zero attached hydrogens (tertiary/aromatic N) is 2. The first kappa shape index (κ1) is 15.7. The molecular formula is C19H16N2O3. The van der Waals surface area contributed by atoms with Crippen molar-refractivity contribution in [3.05, 3.63) is 71.1 Å². The molecule has 0 N–H and O–H groups in total.